The summed E-state index contributed by atoms with van der Waals surface area (Å²) in [6.45, 7) is 3.81. The van der Waals surface area contributed by atoms with Crippen molar-refractivity contribution in [1.82, 2.24) is 0 Å². The number of nitrogens with zero attached hydrogens (tertiary/aromatic N) is 1. The first kappa shape index (κ1) is 8.40. The van der Waals surface area contributed by atoms with Crippen LogP contribution in [0.15, 0.2) is 16.9 Å². The standard InChI is InChI=1S/C8H14N2O/c1-8(2,9)7(5-10-11)6-3-4-6/h5-6H,3-4,9H2,1-2H3/b7-5-. The summed E-state index contributed by atoms with van der Waals surface area (Å²) in [5.41, 5.74) is 6.45. The van der Waals surface area contributed by atoms with Gasteiger partial charge in [-0.2, -0.15) is 0 Å². The van der Waals surface area contributed by atoms with Gasteiger partial charge < -0.3 is 5.73 Å². The summed E-state index contributed by atoms with van der Waals surface area (Å²) in [6, 6.07) is 0. The van der Waals surface area contributed by atoms with Crippen LogP contribution in [0, 0.1) is 10.8 Å². The number of rotatable bonds is 3. The van der Waals surface area contributed by atoms with Gasteiger partial charge in [0.05, 0.1) is 6.20 Å². The Kier molecular flexibility index (Phi) is 2.09. The van der Waals surface area contributed by atoms with Crippen molar-refractivity contribution < 1.29 is 0 Å². The molecule has 1 rings (SSSR count). The third-order valence-electron chi connectivity index (χ3n) is 1.95. The van der Waals surface area contributed by atoms with Crippen LogP contribution in [-0.4, -0.2) is 5.54 Å². The lowest BCUT2D eigenvalue weighted by atomic mass is 9.92. The molecule has 0 aromatic rings. The molecular weight excluding hydrogens is 140 g/mol. The smallest absolute Gasteiger partial charge is 0.0727 e. The molecular formula is C8H14N2O. The van der Waals surface area contributed by atoms with Crippen LogP contribution in [0.5, 0.6) is 0 Å². The third kappa shape index (κ3) is 2.12. The van der Waals surface area contributed by atoms with Crippen molar-refractivity contribution in [2.75, 3.05) is 0 Å². The van der Waals surface area contributed by atoms with Gasteiger partial charge in [-0.15, -0.1) is 4.91 Å². The first-order chi connectivity index (χ1) is 5.05. The van der Waals surface area contributed by atoms with Gasteiger partial charge >= 0.3 is 0 Å². The molecule has 1 fully saturated rings. The Balaban J connectivity index is 2.74. The maximum Gasteiger partial charge on any atom is 0.0727 e. The van der Waals surface area contributed by atoms with Crippen molar-refractivity contribution >= 4 is 0 Å². The molecule has 0 aromatic carbocycles. The maximum absolute atomic E-state index is 10.0. The van der Waals surface area contributed by atoms with Gasteiger partial charge in [-0.1, -0.05) is 0 Å². The van der Waals surface area contributed by atoms with Gasteiger partial charge in [0.15, 0.2) is 0 Å². The third-order valence-corrected chi connectivity index (χ3v) is 1.95. The summed E-state index contributed by atoms with van der Waals surface area (Å²) in [4.78, 5) is 10.0. The number of hydrogen-bond donors (Lipinski definition) is 1. The van der Waals surface area contributed by atoms with E-state index in [2.05, 4.69) is 5.18 Å². The molecule has 11 heavy (non-hydrogen) atoms. The molecule has 0 atom stereocenters. The minimum absolute atomic E-state index is 0.380. The molecule has 2 N–H and O–H groups in total. The van der Waals surface area contributed by atoms with E-state index < -0.39 is 0 Å². The molecule has 3 nitrogen and oxygen atoms in total. The summed E-state index contributed by atoms with van der Waals surface area (Å²) >= 11 is 0. The van der Waals surface area contributed by atoms with Crippen LogP contribution in [0.4, 0.5) is 0 Å². The van der Waals surface area contributed by atoms with E-state index in [0.29, 0.717) is 5.92 Å². The van der Waals surface area contributed by atoms with E-state index in [4.69, 9.17) is 5.73 Å². The van der Waals surface area contributed by atoms with Gasteiger partial charge in [0.2, 0.25) is 0 Å². The SMILES string of the molecule is CC(C)(N)/C(=C\N=O)C1CC1. The molecule has 0 aromatic heterocycles. The van der Waals surface area contributed by atoms with Crippen LogP contribution in [0.1, 0.15) is 26.7 Å². The average molecular weight is 154 g/mol. The van der Waals surface area contributed by atoms with Crippen molar-refractivity contribution in [3.8, 4) is 0 Å². The molecule has 0 saturated heterocycles. The molecule has 0 heterocycles. The number of hydrogen-bond acceptors (Lipinski definition) is 3. The lowest BCUT2D eigenvalue weighted by Gasteiger charge is -2.21. The Hall–Kier alpha value is -0.700. The van der Waals surface area contributed by atoms with Crippen LogP contribution in [0.2, 0.25) is 0 Å². The first-order valence-electron chi connectivity index (χ1n) is 3.87. The normalized spacial score (nSPS) is 20.1. The van der Waals surface area contributed by atoms with Gasteiger partial charge in [0, 0.05) is 5.54 Å². The van der Waals surface area contributed by atoms with Crippen LogP contribution >= 0.6 is 0 Å². The largest absolute Gasteiger partial charge is 0.322 e. The lowest BCUT2D eigenvalue weighted by Crippen LogP contribution is -2.35. The highest BCUT2D eigenvalue weighted by Crippen LogP contribution is 2.40. The van der Waals surface area contributed by atoms with Crippen molar-refractivity contribution in [2.24, 2.45) is 16.8 Å². The molecule has 1 aliphatic carbocycles. The van der Waals surface area contributed by atoms with Crippen molar-refractivity contribution in [2.45, 2.75) is 32.2 Å². The van der Waals surface area contributed by atoms with E-state index in [1.807, 2.05) is 13.8 Å². The summed E-state index contributed by atoms with van der Waals surface area (Å²) in [5, 5.41) is 2.77. The second-order valence-electron chi connectivity index (χ2n) is 3.69. The summed E-state index contributed by atoms with van der Waals surface area (Å²) in [5.74, 6) is 0.521. The number of nitroso groups, excluding NO2 is 1. The minimum atomic E-state index is -0.380. The monoisotopic (exact) mass is 154 g/mol. The van der Waals surface area contributed by atoms with Crippen LogP contribution in [-0.2, 0) is 0 Å². The highest BCUT2D eigenvalue weighted by atomic mass is 16.2. The fourth-order valence-corrected chi connectivity index (χ4v) is 1.25. The zero-order valence-electron chi connectivity index (χ0n) is 7.00. The molecule has 1 aliphatic rings. The van der Waals surface area contributed by atoms with E-state index in [0.717, 1.165) is 18.4 Å². The minimum Gasteiger partial charge on any atom is -0.322 e. The Bertz CT molecular complexity index is 187. The van der Waals surface area contributed by atoms with Crippen molar-refractivity contribution in [1.29, 1.82) is 0 Å². The van der Waals surface area contributed by atoms with Gasteiger partial charge in [0.1, 0.15) is 0 Å². The van der Waals surface area contributed by atoms with Crippen LogP contribution < -0.4 is 5.73 Å². The molecule has 3 heteroatoms. The molecule has 1 saturated carbocycles. The van der Waals surface area contributed by atoms with Gasteiger partial charge in [0.25, 0.3) is 0 Å². The highest BCUT2D eigenvalue weighted by molar-refractivity contribution is 5.22. The van der Waals surface area contributed by atoms with Gasteiger partial charge in [-0.05, 0) is 43.4 Å². The Morgan fingerprint density at radius 2 is 2.18 bits per heavy atom. The second-order valence-corrected chi connectivity index (χ2v) is 3.69. The van der Waals surface area contributed by atoms with Crippen molar-refractivity contribution in [3.63, 3.8) is 0 Å². The van der Waals surface area contributed by atoms with Crippen molar-refractivity contribution in [3.05, 3.63) is 16.7 Å². The molecule has 0 bridgehead atoms. The quantitative estimate of drug-likeness (QED) is 0.630. The second kappa shape index (κ2) is 2.74. The topological polar surface area (TPSA) is 55.4 Å². The molecule has 62 valence electrons. The zero-order valence-corrected chi connectivity index (χ0v) is 7.00. The predicted octanol–water partition coefficient (Wildman–Crippen LogP) is 1.78. The maximum atomic E-state index is 10.0. The predicted molar refractivity (Wildman–Crippen MR) is 44.9 cm³/mol. The van der Waals surface area contributed by atoms with Crippen LogP contribution in [0.25, 0.3) is 0 Å². The molecule has 0 radical (unpaired) electrons. The first-order valence-corrected chi connectivity index (χ1v) is 3.87. The average Bonchev–Trinajstić information content (AvgIpc) is 2.61. The van der Waals surface area contributed by atoms with Crippen LogP contribution in [0.3, 0.4) is 0 Å². The van der Waals surface area contributed by atoms with E-state index in [1.54, 1.807) is 0 Å². The molecule has 0 spiro atoms. The zero-order chi connectivity index (χ0) is 8.48. The summed E-state index contributed by atoms with van der Waals surface area (Å²) in [7, 11) is 0. The lowest BCUT2D eigenvalue weighted by molar-refractivity contribution is 0.573. The molecule has 0 aliphatic heterocycles. The molecule has 0 unspecified atom stereocenters. The van der Waals surface area contributed by atoms with Gasteiger partial charge in [-0.3, -0.25) is 0 Å². The Morgan fingerprint density at radius 3 is 2.45 bits per heavy atom. The van der Waals surface area contributed by atoms with Gasteiger partial charge in [-0.25, -0.2) is 0 Å². The fourth-order valence-electron chi connectivity index (χ4n) is 1.25. The molecule has 0 amide bonds. The van der Waals surface area contributed by atoms with E-state index in [-0.39, 0.29) is 5.54 Å². The Labute approximate surface area is 66.6 Å². The fraction of sp³-hybridized carbons (Fsp3) is 0.750. The van der Waals surface area contributed by atoms with E-state index >= 15 is 0 Å². The number of nitrogens with two attached hydrogens (primary N) is 1. The summed E-state index contributed by atoms with van der Waals surface area (Å²) < 4.78 is 0. The summed E-state index contributed by atoms with van der Waals surface area (Å²) in [6.07, 6.45) is 3.68. The highest BCUT2D eigenvalue weighted by Gasteiger charge is 2.33. The van der Waals surface area contributed by atoms with E-state index in [1.165, 1.54) is 6.20 Å². The van der Waals surface area contributed by atoms with E-state index in [9.17, 15) is 4.91 Å². The Morgan fingerprint density at radius 1 is 1.64 bits per heavy atom.